The second-order valence-corrected chi connectivity index (χ2v) is 6.21. The number of hydrogen-bond acceptors (Lipinski definition) is 3. The molecule has 0 bridgehead atoms. The number of aliphatic hydroxyl groups excluding tert-OH is 1. The molecule has 3 N–H and O–H groups in total. The fraction of sp³-hybridized carbons (Fsp3) is 0.941. The number of aliphatic imine (C=N–C) groups is 1. The van der Waals surface area contributed by atoms with Crippen molar-refractivity contribution < 1.29 is 9.84 Å². The van der Waals surface area contributed by atoms with Gasteiger partial charge in [0.25, 0.3) is 0 Å². The molecule has 0 aromatic heterocycles. The number of nitrogens with zero attached hydrogens (tertiary/aromatic N) is 1. The van der Waals surface area contributed by atoms with Crippen molar-refractivity contribution >= 4 is 29.9 Å². The summed E-state index contributed by atoms with van der Waals surface area (Å²) in [4.78, 5) is 4.68. The topological polar surface area (TPSA) is 65.9 Å². The first-order chi connectivity index (χ1) is 10.6. The quantitative estimate of drug-likeness (QED) is 0.177. The summed E-state index contributed by atoms with van der Waals surface area (Å²) in [7, 11) is 1.74. The van der Waals surface area contributed by atoms with Crippen LogP contribution in [0.3, 0.4) is 0 Å². The molecule has 0 saturated heterocycles. The molecule has 0 rings (SSSR count). The molecule has 0 spiro atoms. The number of methoxy groups -OCH3 is 1. The van der Waals surface area contributed by atoms with E-state index in [2.05, 4.69) is 36.4 Å². The highest BCUT2D eigenvalue weighted by Gasteiger charge is 2.10. The minimum Gasteiger partial charge on any atom is -0.396 e. The van der Waals surface area contributed by atoms with Crippen LogP contribution in [0.5, 0.6) is 0 Å². The van der Waals surface area contributed by atoms with Crippen LogP contribution in [0.1, 0.15) is 52.9 Å². The van der Waals surface area contributed by atoms with Crippen molar-refractivity contribution in [1.82, 2.24) is 10.6 Å². The molecule has 23 heavy (non-hydrogen) atoms. The number of ether oxygens (including phenoxy) is 1. The largest absolute Gasteiger partial charge is 0.396 e. The number of halogens is 1. The summed E-state index contributed by atoms with van der Waals surface area (Å²) in [5.74, 6) is 1.99. The van der Waals surface area contributed by atoms with Gasteiger partial charge in [-0.15, -0.1) is 24.0 Å². The van der Waals surface area contributed by atoms with Crippen molar-refractivity contribution in [3.8, 4) is 0 Å². The van der Waals surface area contributed by atoms with Crippen LogP contribution in [-0.4, -0.2) is 51.0 Å². The second kappa shape index (κ2) is 18.3. The van der Waals surface area contributed by atoms with E-state index in [9.17, 15) is 5.11 Å². The maximum absolute atomic E-state index is 9.17. The van der Waals surface area contributed by atoms with Gasteiger partial charge in [-0.05, 0) is 50.9 Å². The summed E-state index contributed by atoms with van der Waals surface area (Å²) in [5.41, 5.74) is 0. The van der Waals surface area contributed by atoms with Crippen LogP contribution in [0.2, 0.25) is 0 Å². The SMILES string of the molecule is CCNC(=NCC(CCO)CC(C)C)NCCCCCOC.I. The van der Waals surface area contributed by atoms with Crippen molar-refractivity contribution in [2.45, 2.75) is 52.9 Å². The molecule has 5 nitrogen and oxygen atoms in total. The molecule has 0 aliphatic heterocycles. The maximum atomic E-state index is 9.17. The molecule has 0 heterocycles. The summed E-state index contributed by atoms with van der Waals surface area (Å²) >= 11 is 0. The molecule has 0 aromatic carbocycles. The van der Waals surface area contributed by atoms with Crippen LogP contribution >= 0.6 is 24.0 Å². The van der Waals surface area contributed by atoms with Crippen molar-refractivity contribution in [3.63, 3.8) is 0 Å². The molecule has 0 aliphatic rings. The average Bonchev–Trinajstić information content (AvgIpc) is 2.47. The number of guanidine groups is 1. The third-order valence-corrected chi connectivity index (χ3v) is 3.51. The molecule has 6 heteroatoms. The third kappa shape index (κ3) is 16.6. The van der Waals surface area contributed by atoms with Gasteiger partial charge >= 0.3 is 0 Å². The van der Waals surface area contributed by atoms with Crippen molar-refractivity contribution in [3.05, 3.63) is 0 Å². The van der Waals surface area contributed by atoms with Gasteiger partial charge in [-0.25, -0.2) is 0 Å². The van der Waals surface area contributed by atoms with Gasteiger partial charge in [0.1, 0.15) is 0 Å². The number of unbranched alkanes of at least 4 members (excludes halogenated alkanes) is 2. The van der Waals surface area contributed by atoms with Gasteiger partial charge in [-0.2, -0.15) is 0 Å². The first-order valence-corrected chi connectivity index (χ1v) is 8.75. The van der Waals surface area contributed by atoms with E-state index in [-0.39, 0.29) is 30.6 Å². The van der Waals surface area contributed by atoms with E-state index in [1.54, 1.807) is 7.11 Å². The highest BCUT2D eigenvalue weighted by molar-refractivity contribution is 14.0. The van der Waals surface area contributed by atoms with Crippen molar-refractivity contribution in [2.24, 2.45) is 16.8 Å². The molecule has 0 aliphatic carbocycles. The van der Waals surface area contributed by atoms with E-state index in [0.29, 0.717) is 11.8 Å². The van der Waals surface area contributed by atoms with Gasteiger partial charge in [0.2, 0.25) is 0 Å². The van der Waals surface area contributed by atoms with Crippen LogP contribution in [0, 0.1) is 11.8 Å². The molecule has 0 amide bonds. The Labute approximate surface area is 160 Å². The van der Waals surface area contributed by atoms with Crippen LogP contribution in [0.25, 0.3) is 0 Å². The van der Waals surface area contributed by atoms with E-state index in [1.807, 2.05) is 0 Å². The van der Waals surface area contributed by atoms with Gasteiger partial charge in [0.15, 0.2) is 5.96 Å². The van der Waals surface area contributed by atoms with E-state index in [1.165, 1.54) is 6.42 Å². The monoisotopic (exact) mass is 443 g/mol. The Bertz CT molecular complexity index is 277. The Hall–Kier alpha value is -0.0800. The minimum atomic E-state index is 0. The smallest absolute Gasteiger partial charge is 0.191 e. The Morgan fingerprint density at radius 3 is 2.48 bits per heavy atom. The van der Waals surface area contributed by atoms with Gasteiger partial charge in [-0.3, -0.25) is 4.99 Å². The number of hydrogen-bond donors (Lipinski definition) is 3. The van der Waals surface area contributed by atoms with E-state index in [4.69, 9.17) is 4.74 Å². The lowest BCUT2D eigenvalue weighted by Gasteiger charge is -2.17. The zero-order valence-corrected chi connectivity index (χ0v) is 17.8. The molecule has 0 saturated carbocycles. The van der Waals surface area contributed by atoms with E-state index < -0.39 is 0 Å². The molecule has 1 unspecified atom stereocenters. The zero-order chi connectivity index (χ0) is 16.6. The zero-order valence-electron chi connectivity index (χ0n) is 15.4. The summed E-state index contributed by atoms with van der Waals surface area (Å²) in [5, 5.41) is 15.8. The summed E-state index contributed by atoms with van der Waals surface area (Å²) in [6, 6.07) is 0. The first-order valence-electron chi connectivity index (χ1n) is 8.75. The maximum Gasteiger partial charge on any atom is 0.191 e. The lowest BCUT2D eigenvalue weighted by Crippen LogP contribution is -2.38. The first kappa shape index (κ1) is 25.2. The summed E-state index contributed by atoms with van der Waals surface area (Å²) in [6.07, 6.45) is 5.35. The fourth-order valence-corrected chi connectivity index (χ4v) is 2.45. The van der Waals surface area contributed by atoms with Gasteiger partial charge in [0, 0.05) is 40.0 Å². The molecular weight excluding hydrogens is 405 g/mol. The Balaban J connectivity index is 0. The van der Waals surface area contributed by atoms with Crippen LogP contribution in [-0.2, 0) is 4.74 Å². The third-order valence-electron chi connectivity index (χ3n) is 3.51. The van der Waals surface area contributed by atoms with Crippen molar-refractivity contribution in [2.75, 3.05) is 40.0 Å². The van der Waals surface area contributed by atoms with Crippen LogP contribution in [0.4, 0.5) is 0 Å². The molecule has 140 valence electrons. The normalized spacial score (nSPS) is 12.9. The van der Waals surface area contributed by atoms with Gasteiger partial charge < -0.3 is 20.5 Å². The summed E-state index contributed by atoms with van der Waals surface area (Å²) in [6.45, 7) is 10.2. The summed E-state index contributed by atoms with van der Waals surface area (Å²) < 4.78 is 5.05. The van der Waals surface area contributed by atoms with E-state index in [0.717, 1.165) is 57.9 Å². The van der Waals surface area contributed by atoms with Gasteiger partial charge in [0.05, 0.1) is 0 Å². The van der Waals surface area contributed by atoms with Crippen LogP contribution in [0.15, 0.2) is 4.99 Å². The molecule has 1 atom stereocenters. The highest BCUT2D eigenvalue weighted by Crippen LogP contribution is 2.15. The predicted molar refractivity (Wildman–Crippen MR) is 110 cm³/mol. The lowest BCUT2D eigenvalue weighted by molar-refractivity contribution is 0.192. The van der Waals surface area contributed by atoms with Crippen LogP contribution < -0.4 is 10.6 Å². The fourth-order valence-electron chi connectivity index (χ4n) is 2.45. The van der Waals surface area contributed by atoms with E-state index >= 15 is 0 Å². The average molecular weight is 443 g/mol. The number of nitrogens with one attached hydrogen (secondary N) is 2. The van der Waals surface area contributed by atoms with Gasteiger partial charge in [-0.1, -0.05) is 13.8 Å². The number of rotatable bonds is 13. The lowest BCUT2D eigenvalue weighted by atomic mass is 9.94. The molecule has 0 fully saturated rings. The minimum absolute atomic E-state index is 0. The Morgan fingerprint density at radius 1 is 1.17 bits per heavy atom. The molecule has 0 aromatic rings. The van der Waals surface area contributed by atoms with Crippen molar-refractivity contribution in [1.29, 1.82) is 0 Å². The Kier molecular flexibility index (Phi) is 20.0. The predicted octanol–water partition coefficient (Wildman–Crippen LogP) is 3.02. The highest BCUT2D eigenvalue weighted by atomic mass is 127. The second-order valence-electron chi connectivity index (χ2n) is 6.21. The molecular formula is C17H38IN3O2. The molecule has 0 radical (unpaired) electrons. The number of aliphatic hydroxyl groups is 1. The standard InChI is InChI=1S/C17H37N3O2.HI/c1-5-18-17(19-10-7-6-8-12-22-4)20-14-16(9-11-21)13-15(2)3;/h15-16,21H,5-14H2,1-4H3,(H2,18,19,20);1H. The Morgan fingerprint density at radius 2 is 1.91 bits per heavy atom.